The summed E-state index contributed by atoms with van der Waals surface area (Å²) in [5.41, 5.74) is 0.326. The Labute approximate surface area is 132 Å². The number of esters is 1. The maximum Gasteiger partial charge on any atom is 0.357 e. The smallest absolute Gasteiger partial charge is 0.357 e. The van der Waals surface area contributed by atoms with E-state index in [1.54, 1.807) is 18.7 Å². The van der Waals surface area contributed by atoms with Gasteiger partial charge >= 0.3 is 5.97 Å². The predicted octanol–water partition coefficient (Wildman–Crippen LogP) is 1.94. The van der Waals surface area contributed by atoms with Crippen LogP contribution in [-0.2, 0) is 14.3 Å². The van der Waals surface area contributed by atoms with Crippen molar-refractivity contribution in [1.82, 2.24) is 4.90 Å². The van der Waals surface area contributed by atoms with Crippen LogP contribution in [0.2, 0.25) is 0 Å². The lowest BCUT2D eigenvalue weighted by atomic mass is 9.92. The fourth-order valence-electron chi connectivity index (χ4n) is 2.24. The summed E-state index contributed by atoms with van der Waals surface area (Å²) in [6, 6.07) is 0. The van der Waals surface area contributed by atoms with Gasteiger partial charge in [0.05, 0.1) is 16.3 Å². The molecular formula is C14H19NO4S2. The number of thioether (sulfide) groups is 2. The average Bonchev–Trinajstić information content (AvgIpc) is 2.76. The highest BCUT2D eigenvalue weighted by atomic mass is 32.2. The van der Waals surface area contributed by atoms with Crippen molar-refractivity contribution < 1.29 is 19.4 Å². The number of fused-ring (bicyclic) bond motifs is 1. The van der Waals surface area contributed by atoms with Gasteiger partial charge in [0.1, 0.15) is 12.0 Å². The third kappa shape index (κ3) is 3.00. The van der Waals surface area contributed by atoms with Crippen LogP contribution in [0.5, 0.6) is 0 Å². The quantitative estimate of drug-likeness (QED) is 0.437. The van der Waals surface area contributed by atoms with E-state index in [4.69, 9.17) is 4.74 Å². The number of carbonyl (C=O) groups excluding carboxylic acids is 2. The summed E-state index contributed by atoms with van der Waals surface area (Å²) >= 11 is 3.03. The molecule has 0 aromatic carbocycles. The van der Waals surface area contributed by atoms with Crippen LogP contribution < -0.4 is 0 Å². The van der Waals surface area contributed by atoms with Crippen LogP contribution in [0.3, 0.4) is 0 Å². The number of hydrogen-bond donors (Lipinski definition) is 1. The Morgan fingerprint density at radius 1 is 1.67 bits per heavy atom. The first kappa shape index (κ1) is 16.5. The molecule has 116 valence electrons. The Morgan fingerprint density at radius 2 is 2.38 bits per heavy atom. The Hall–Kier alpha value is -0.920. The first-order valence-corrected chi connectivity index (χ1v) is 8.72. The van der Waals surface area contributed by atoms with Gasteiger partial charge in [-0.1, -0.05) is 31.3 Å². The molecule has 5 nitrogen and oxygen atoms in total. The van der Waals surface area contributed by atoms with E-state index in [0.29, 0.717) is 5.70 Å². The second-order valence-corrected chi connectivity index (χ2v) is 7.35. The van der Waals surface area contributed by atoms with Crippen LogP contribution in [-0.4, -0.2) is 45.7 Å². The number of rotatable bonds is 7. The minimum atomic E-state index is -0.716. The molecule has 0 aromatic rings. The molecule has 2 heterocycles. The number of β-lactam (4-membered cyclic amide) rings is 1. The van der Waals surface area contributed by atoms with Gasteiger partial charge in [0.25, 0.3) is 0 Å². The van der Waals surface area contributed by atoms with Crippen molar-refractivity contribution in [1.29, 1.82) is 0 Å². The topological polar surface area (TPSA) is 66.8 Å². The zero-order valence-electron chi connectivity index (χ0n) is 12.1. The molecule has 2 aliphatic heterocycles. The maximum absolute atomic E-state index is 12.2. The SMILES string of the molecule is C=CCOC(=O)C1=C(SCCC)S[C@@H]2[C@@H]([C@@H](C)O)C(=O)N12. The molecule has 1 amide bonds. The molecular weight excluding hydrogens is 310 g/mol. The highest BCUT2D eigenvalue weighted by molar-refractivity contribution is 8.22. The minimum absolute atomic E-state index is 0.116. The summed E-state index contributed by atoms with van der Waals surface area (Å²) in [7, 11) is 0. The van der Waals surface area contributed by atoms with Gasteiger partial charge in [0.2, 0.25) is 5.91 Å². The molecule has 3 atom stereocenters. The first-order chi connectivity index (χ1) is 10.0. The highest BCUT2D eigenvalue weighted by Gasteiger charge is 2.57. The Kier molecular flexibility index (Phi) is 5.40. The van der Waals surface area contributed by atoms with E-state index >= 15 is 0 Å². The number of aliphatic hydroxyl groups is 1. The van der Waals surface area contributed by atoms with Crippen molar-refractivity contribution in [3.05, 3.63) is 22.6 Å². The Morgan fingerprint density at radius 3 is 2.95 bits per heavy atom. The predicted molar refractivity (Wildman–Crippen MR) is 84.3 cm³/mol. The summed E-state index contributed by atoms with van der Waals surface area (Å²) in [6.07, 6.45) is 1.75. The zero-order chi connectivity index (χ0) is 15.6. The average molecular weight is 329 g/mol. The van der Waals surface area contributed by atoms with Crippen LogP contribution in [0.1, 0.15) is 20.3 Å². The monoisotopic (exact) mass is 329 g/mol. The summed E-state index contributed by atoms with van der Waals surface area (Å²) in [5, 5.41) is 9.51. The molecule has 1 fully saturated rings. The van der Waals surface area contributed by atoms with E-state index in [2.05, 4.69) is 13.5 Å². The van der Waals surface area contributed by atoms with Crippen LogP contribution in [0.15, 0.2) is 22.6 Å². The molecule has 0 unspecified atom stereocenters. The van der Waals surface area contributed by atoms with E-state index in [9.17, 15) is 14.7 Å². The van der Waals surface area contributed by atoms with Gasteiger partial charge in [-0.3, -0.25) is 9.69 Å². The Balaban J connectivity index is 2.20. The number of aliphatic hydroxyl groups excluding tert-OH is 1. The molecule has 0 saturated carbocycles. The number of ether oxygens (including phenoxy) is 1. The van der Waals surface area contributed by atoms with Crippen molar-refractivity contribution in [2.24, 2.45) is 5.92 Å². The fourth-order valence-corrected chi connectivity index (χ4v) is 5.08. The van der Waals surface area contributed by atoms with Crippen molar-refractivity contribution in [3.8, 4) is 0 Å². The molecule has 0 aromatic heterocycles. The molecule has 2 aliphatic rings. The second-order valence-electron chi connectivity index (χ2n) is 4.85. The summed E-state index contributed by atoms with van der Waals surface area (Å²) in [6.45, 7) is 7.29. The molecule has 2 rings (SSSR count). The fraction of sp³-hybridized carbons (Fsp3) is 0.571. The lowest BCUT2D eigenvalue weighted by molar-refractivity contribution is -0.157. The first-order valence-electron chi connectivity index (χ1n) is 6.85. The van der Waals surface area contributed by atoms with Crippen molar-refractivity contribution in [3.63, 3.8) is 0 Å². The normalized spacial score (nSPS) is 25.5. The molecule has 1 saturated heterocycles. The van der Waals surface area contributed by atoms with E-state index in [-0.39, 0.29) is 17.9 Å². The van der Waals surface area contributed by atoms with Gasteiger partial charge in [-0.15, -0.1) is 11.8 Å². The summed E-state index contributed by atoms with van der Waals surface area (Å²) in [4.78, 5) is 25.8. The van der Waals surface area contributed by atoms with Crippen molar-refractivity contribution in [2.45, 2.75) is 31.7 Å². The van der Waals surface area contributed by atoms with Gasteiger partial charge < -0.3 is 9.84 Å². The van der Waals surface area contributed by atoms with Gasteiger partial charge in [0, 0.05) is 0 Å². The van der Waals surface area contributed by atoms with Crippen LogP contribution in [0.4, 0.5) is 0 Å². The summed E-state index contributed by atoms with van der Waals surface area (Å²) in [5.74, 6) is -0.285. The van der Waals surface area contributed by atoms with E-state index in [1.807, 2.05) is 0 Å². The van der Waals surface area contributed by atoms with Gasteiger partial charge in [-0.2, -0.15) is 0 Å². The van der Waals surface area contributed by atoms with Crippen molar-refractivity contribution >= 4 is 35.4 Å². The number of hydrogen-bond acceptors (Lipinski definition) is 6. The molecule has 1 N–H and O–H groups in total. The van der Waals surface area contributed by atoms with Crippen molar-refractivity contribution in [2.75, 3.05) is 12.4 Å². The van der Waals surface area contributed by atoms with E-state index < -0.39 is 18.0 Å². The third-order valence-corrected chi connectivity index (χ3v) is 6.09. The third-order valence-electron chi connectivity index (χ3n) is 3.23. The second kappa shape index (κ2) is 6.89. The molecule has 0 aliphatic carbocycles. The van der Waals surface area contributed by atoms with Crippen LogP contribution in [0.25, 0.3) is 0 Å². The summed E-state index contributed by atoms with van der Waals surface area (Å²) < 4.78 is 5.90. The van der Waals surface area contributed by atoms with Crippen LogP contribution >= 0.6 is 23.5 Å². The standard InChI is InChI=1S/C14H19NO4S2/c1-4-6-19-13(18)10-14(20-7-5-2)21-12-9(8(3)16)11(17)15(10)12/h4,8-9,12,16H,1,5-7H2,2-3H3/t8-,9+,12-/m1/s1. The molecule has 21 heavy (non-hydrogen) atoms. The lowest BCUT2D eigenvalue weighted by Crippen LogP contribution is -2.60. The van der Waals surface area contributed by atoms with E-state index in [0.717, 1.165) is 16.4 Å². The lowest BCUT2D eigenvalue weighted by Gasteiger charge is -2.43. The molecule has 0 radical (unpaired) electrons. The largest absolute Gasteiger partial charge is 0.457 e. The Bertz CT molecular complexity index is 489. The van der Waals surface area contributed by atoms with Crippen LogP contribution in [0, 0.1) is 5.92 Å². The number of amides is 1. The van der Waals surface area contributed by atoms with Gasteiger partial charge in [-0.25, -0.2) is 4.79 Å². The molecule has 0 spiro atoms. The number of nitrogens with zero attached hydrogens (tertiary/aromatic N) is 1. The molecule has 0 bridgehead atoms. The maximum atomic E-state index is 12.2. The number of carbonyl (C=O) groups is 2. The van der Waals surface area contributed by atoms with Gasteiger partial charge in [0.15, 0.2) is 5.70 Å². The highest BCUT2D eigenvalue weighted by Crippen LogP contribution is 2.53. The minimum Gasteiger partial charge on any atom is -0.457 e. The van der Waals surface area contributed by atoms with E-state index in [1.165, 1.54) is 22.7 Å². The van der Waals surface area contributed by atoms with Gasteiger partial charge in [-0.05, 0) is 19.1 Å². The molecule has 7 heteroatoms. The zero-order valence-corrected chi connectivity index (χ0v) is 13.7.